The lowest BCUT2D eigenvalue weighted by Crippen LogP contribution is -2.30. The van der Waals surface area contributed by atoms with Crippen LogP contribution in [-0.2, 0) is 4.79 Å². The fraction of sp³-hybridized carbons (Fsp3) is 0.357. The first-order valence-corrected chi connectivity index (χ1v) is 6.41. The van der Waals surface area contributed by atoms with Gasteiger partial charge in [-0.05, 0) is 32.0 Å². The summed E-state index contributed by atoms with van der Waals surface area (Å²) in [5.74, 6) is -0.863. The van der Waals surface area contributed by atoms with Crippen molar-refractivity contribution in [3.05, 3.63) is 34.3 Å². The number of Topliss-reactive ketones (excluding diaryl/α,β-unsaturated/α-hetero) is 1. The number of amides is 1. The fourth-order valence-corrected chi connectivity index (χ4v) is 1.88. The highest BCUT2D eigenvalue weighted by Crippen LogP contribution is 2.14. The molecule has 0 aliphatic rings. The summed E-state index contributed by atoms with van der Waals surface area (Å²) < 4.78 is 4.89. The van der Waals surface area contributed by atoms with E-state index in [0.29, 0.717) is 16.7 Å². The number of H-pyrrole nitrogens is 1. The molecule has 2 aromatic rings. The number of hydrogen-bond donors (Lipinski definition) is 2. The zero-order valence-electron chi connectivity index (χ0n) is 11.4. The SMILES string of the molecule is CC(C)NC(=O)CCC(=O)c1ccc2[nH]c(=O)oc2c1. The molecular formula is C14H16N2O4. The highest BCUT2D eigenvalue weighted by atomic mass is 16.4. The Hall–Kier alpha value is -2.37. The van der Waals surface area contributed by atoms with Crippen molar-refractivity contribution in [1.82, 2.24) is 10.3 Å². The highest BCUT2D eigenvalue weighted by Gasteiger charge is 2.11. The summed E-state index contributed by atoms with van der Waals surface area (Å²) in [7, 11) is 0. The molecule has 1 heterocycles. The van der Waals surface area contributed by atoms with Crippen molar-refractivity contribution in [3.63, 3.8) is 0 Å². The van der Waals surface area contributed by atoms with Crippen LogP contribution < -0.4 is 11.1 Å². The Kier molecular flexibility index (Phi) is 4.02. The van der Waals surface area contributed by atoms with Gasteiger partial charge in [0.1, 0.15) is 0 Å². The van der Waals surface area contributed by atoms with Gasteiger partial charge in [-0.2, -0.15) is 0 Å². The van der Waals surface area contributed by atoms with E-state index < -0.39 is 5.76 Å². The lowest BCUT2D eigenvalue weighted by molar-refractivity contribution is -0.121. The maximum absolute atomic E-state index is 12.0. The lowest BCUT2D eigenvalue weighted by Gasteiger charge is -2.07. The first kappa shape index (κ1) is 14.0. The third-order valence-electron chi connectivity index (χ3n) is 2.77. The van der Waals surface area contributed by atoms with Gasteiger partial charge in [0.05, 0.1) is 5.52 Å². The molecule has 0 spiro atoms. The van der Waals surface area contributed by atoms with Gasteiger partial charge in [-0.25, -0.2) is 4.79 Å². The highest BCUT2D eigenvalue weighted by molar-refractivity contribution is 6.00. The second-order valence-electron chi connectivity index (χ2n) is 4.87. The largest absolute Gasteiger partial charge is 0.417 e. The Bertz CT molecular complexity index is 697. The van der Waals surface area contributed by atoms with E-state index in [2.05, 4.69) is 10.3 Å². The van der Waals surface area contributed by atoms with E-state index in [1.165, 1.54) is 6.07 Å². The number of hydrogen-bond acceptors (Lipinski definition) is 4. The van der Waals surface area contributed by atoms with Crippen LogP contribution in [0.5, 0.6) is 0 Å². The van der Waals surface area contributed by atoms with Gasteiger partial charge in [-0.1, -0.05) is 0 Å². The minimum Gasteiger partial charge on any atom is -0.408 e. The smallest absolute Gasteiger partial charge is 0.408 e. The number of aromatic nitrogens is 1. The average Bonchev–Trinajstić information content (AvgIpc) is 2.74. The van der Waals surface area contributed by atoms with Gasteiger partial charge in [0, 0.05) is 24.4 Å². The van der Waals surface area contributed by atoms with Crippen LogP contribution in [0.1, 0.15) is 37.0 Å². The van der Waals surface area contributed by atoms with Crippen molar-refractivity contribution in [2.75, 3.05) is 0 Å². The molecule has 106 valence electrons. The molecule has 1 aromatic carbocycles. The van der Waals surface area contributed by atoms with Crippen molar-refractivity contribution in [3.8, 4) is 0 Å². The van der Waals surface area contributed by atoms with E-state index in [4.69, 9.17) is 4.42 Å². The quantitative estimate of drug-likeness (QED) is 0.811. The Labute approximate surface area is 115 Å². The van der Waals surface area contributed by atoms with Crippen LogP contribution in [0.4, 0.5) is 0 Å². The second-order valence-corrected chi connectivity index (χ2v) is 4.87. The minimum atomic E-state index is -0.555. The van der Waals surface area contributed by atoms with Crippen molar-refractivity contribution in [2.45, 2.75) is 32.7 Å². The summed E-state index contributed by atoms with van der Waals surface area (Å²) in [6, 6.07) is 4.79. The second kappa shape index (κ2) is 5.73. The van der Waals surface area contributed by atoms with Gasteiger partial charge >= 0.3 is 5.76 Å². The molecule has 0 saturated heterocycles. The Balaban J connectivity index is 2.04. The number of ketones is 1. The van der Waals surface area contributed by atoms with Gasteiger partial charge < -0.3 is 9.73 Å². The summed E-state index contributed by atoms with van der Waals surface area (Å²) >= 11 is 0. The standard InChI is InChI=1S/C14H16N2O4/c1-8(2)15-13(18)6-5-11(17)9-3-4-10-12(7-9)20-14(19)16-10/h3-4,7-8H,5-6H2,1-2H3,(H,15,18)(H,16,19). The molecule has 0 unspecified atom stereocenters. The molecule has 2 rings (SSSR count). The van der Waals surface area contributed by atoms with Crippen molar-refractivity contribution in [1.29, 1.82) is 0 Å². The molecule has 0 aliphatic carbocycles. The van der Waals surface area contributed by atoms with Crippen LogP contribution in [0.15, 0.2) is 27.4 Å². The number of aromatic amines is 1. The maximum Gasteiger partial charge on any atom is 0.417 e. The molecule has 0 fully saturated rings. The molecule has 0 radical (unpaired) electrons. The number of benzene rings is 1. The summed E-state index contributed by atoms with van der Waals surface area (Å²) in [5.41, 5.74) is 1.31. The molecule has 1 aromatic heterocycles. The molecule has 6 heteroatoms. The maximum atomic E-state index is 12.0. The molecule has 0 saturated carbocycles. The molecule has 20 heavy (non-hydrogen) atoms. The van der Waals surface area contributed by atoms with Crippen LogP contribution in [0.3, 0.4) is 0 Å². The van der Waals surface area contributed by atoms with Crippen molar-refractivity contribution in [2.24, 2.45) is 0 Å². The van der Waals surface area contributed by atoms with Crippen LogP contribution in [0, 0.1) is 0 Å². The number of nitrogens with one attached hydrogen (secondary N) is 2. The van der Waals surface area contributed by atoms with Gasteiger partial charge in [0.15, 0.2) is 11.4 Å². The normalized spacial score (nSPS) is 10.9. The van der Waals surface area contributed by atoms with E-state index >= 15 is 0 Å². The van der Waals surface area contributed by atoms with Crippen LogP contribution >= 0.6 is 0 Å². The predicted molar refractivity (Wildman–Crippen MR) is 73.7 cm³/mol. The summed E-state index contributed by atoms with van der Waals surface area (Å²) in [5, 5.41) is 2.73. The van der Waals surface area contributed by atoms with E-state index in [-0.39, 0.29) is 30.6 Å². The zero-order chi connectivity index (χ0) is 14.7. The minimum absolute atomic E-state index is 0.0584. The third kappa shape index (κ3) is 3.34. The third-order valence-corrected chi connectivity index (χ3v) is 2.77. The first-order chi connectivity index (χ1) is 9.45. The summed E-state index contributed by atoms with van der Waals surface area (Å²) in [4.78, 5) is 37.0. The zero-order valence-corrected chi connectivity index (χ0v) is 11.4. The first-order valence-electron chi connectivity index (χ1n) is 6.41. The number of carbonyl (C=O) groups excluding carboxylic acids is 2. The average molecular weight is 276 g/mol. The van der Waals surface area contributed by atoms with Crippen LogP contribution in [0.2, 0.25) is 0 Å². The Morgan fingerprint density at radius 1 is 1.30 bits per heavy atom. The topological polar surface area (TPSA) is 92.2 Å². The molecule has 0 atom stereocenters. The molecule has 0 bridgehead atoms. The molecular weight excluding hydrogens is 260 g/mol. The van der Waals surface area contributed by atoms with Gasteiger partial charge in [0.25, 0.3) is 0 Å². The number of oxazole rings is 1. The Morgan fingerprint density at radius 2 is 2.05 bits per heavy atom. The van der Waals surface area contributed by atoms with E-state index in [9.17, 15) is 14.4 Å². The van der Waals surface area contributed by atoms with Crippen molar-refractivity contribution >= 4 is 22.8 Å². The fourth-order valence-electron chi connectivity index (χ4n) is 1.88. The van der Waals surface area contributed by atoms with E-state index in [1.54, 1.807) is 12.1 Å². The summed E-state index contributed by atoms with van der Waals surface area (Å²) in [6.07, 6.45) is 0.269. The molecule has 0 aliphatic heterocycles. The molecule has 1 amide bonds. The number of fused-ring (bicyclic) bond motifs is 1. The van der Waals surface area contributed by atoms with E-state index in [0.717, 1.165) is 0 Å². The Morgan fingerprint density at radius 3 is 2.75 bits per heavy atom. The monoisotopic (exact) mass is 276 g/mol. The number of carbonyl (C=O) groups is 2. The van der Waals surface area contributed by atoms with Crippen molar-refractivity contribution < 1.29 is 14.0 Å². The van der Waals surface area contributed by atoms with Crippen LogP contribution in [-0.4, -0.2) is 22.7 Å². The van der Waals surface area contributed by atoms with Gasteiger partial charge in [-0.15, -0.1) is 0 Å². The lowest BCUT2D eigenvalue weighted by atomic mass is 10.1. The number of rotatable bonds is 5. The molecule has 6 nitrogen and oxygen atoms in total. The molecule has 2 N–H and O–H groups in total. The van der Waals surface area contributed by atoms with Gasteiger partial charge in [-0.3, -0.25) is 14.6 Å². The van der Waals surface area contributed by atoms with E-state index in [1.807, 2.05) is 13.8 Å². The van der Waals surface area contributed by atoms with Crippen LogP contribution in [0.25, 0.3) is 11.1 Å². The van der Waals surface area contributed by atoms with Gasteiger partial charge in [0.2, 0.25) is 5.91 Å². The summed E-state index contributed by atoms with van der Waals surface area (Å²) in [6.45, 7) is 3.73. The predicted octanol–water partition coefficient (Wildman–Crippen LogP) is 1.61.